The molecule has 3 rings (SSSR count). The lowest BCUT2D eigenvalue weighted by Crippen LogP contribution is -2.48. The molecule has 1 aliphatic heterocycles. The molecule has 0 saturated carbocycles. The molecule has 1 fully saturated rings. The van der Waals surface area contributed by atoms with Gasteiger partial charge in [0.15, 0.2) is 0 Å². The molecular formula is C17H23N5O. The molecule has 0 aliphatic carbocycles. The first kappa shape index (κ1) is 15.6. The molecular weight excluding hydrogens is 290 g/mol. The van der Waals surface area contributed by atoms with E-state index in [0.29, 0.717) is 13.0 Å². The molecule has 1 amide bonds. The predicted molar refractivity (Wildman–Crippen MR) is 90.4 cm³/mol. The highest BCUT2D eigenvalue weighted by Crippen LogP contribution is 2.15. The van der Waals surface area contributed by atoms with Gasteiger partial charge in [0.2, 0.25) is 5.91 Å². The number of piperazine rings is 1. The van der Waals surface area contributed by atoms with Crippen molar-refractivity contribution < 1.29 is 4.79 Å². The van der Waals surface area contributed by atoms with Gasteiger partial charge in [-0.15, -0.1) is 0 Å². The molecule has 23 heavy (non-hydrogen) atoms. The van der Waals surface area contributed by atoms with Crippen LogP contribution in [0.3, 0.4) is 0 Å². The Morgan fingerprint density at radius 3 is 2.65 bits per heavy atom. The van der Waals surface area contributed by atoms with E-state index in [4.69, 9.17) is 0 Å². The molecule has 1 saturated heterocycles. The van der Waals surface area contributed by atoms with Gasteiger partial charge in [-0.25, -0.2) is 0 Å². The Hall–Kier alpha value is -2.34. The van der Waals surface area contributed by atoms with Crippen molar-refractivity contribution in [3.05, 3.63) is 48.3 Å². The standard InChI is InChI=1S/C17H23N5O/c23-17(12-15-13-19-20-14-15)18-6-7-21-8-10-22(11-9-21)16-4-2-1-3-5-16/h1-5,13-14H,6-12H2,(H,18,23)(H,19,20). The lowest BCUT2D eigenvalue weighted by atomic mass is 10.2. The third-order valence-electron chi connectivity index (χ3n) is 4.16. The minimum Gasteiger partial charge on any atom is -0.369 e. The van der Waals surface area contributed by atoms with E-state index in [-0.39, 0.29) is 5.91 Å². The van der Waals surface area contributed by atoms with Crippen LogP contribution in [0.1, 0.15) is 5.56 Å². The van der Waals surface area contributed by atoms with Gasteiger partial charge in [0.05, 0.1) is 12.6 Å². The van der Waals surface area contributed by atoms with Gasteiger partial charge >= 0.3 is 0 Å². The normalized spacial score (nSPS) is 15.6. The van der Waals surface area contributed by atoms with Crippen molar-refractivity contribution in [2.75, 3.05) is 44.2 Å². The zero-order valence-electron chi connectivity index (χ0n) is 13.2. The van der Waals surface area contributed by atoms with Crippen molar-refractivity contribution in [3.63, 3.8) is 0 Å². The lowest BCUT2D eigenvalue weighted by molar-refractivity contribution is -0.120. The van der Waals surface area contributed by atoms with Crippen LogP contribution in [-0.2, 0) is 11.2 Å². The second-order valence-corrected chi connectivity index (χ2v) is 5.80. The average Bonchev–Trinajstić information content (AvgIpc) is 3.09. The summed E-state index contributed by atoms with van der Waals surface area (Å²) in [5.74, 6) is 0.0503. The molecule has 122 valence electrons. The van der Waals surface area contributed by atoms with Crippen molar-refractivity contribution in [3.8, 4) is 0 Å². The average molecular weight is 313 g/mol. The molecule has 6 heteroatoms. The van der Waals surface area contributed by atoms with Gasteiger partial charge in [-0.1, -0.05) is 18.2 Å². The Bertz CT molecular complexity index is 591. The van der Waals surface area contributed by atoms with Gasteiger partial charge in [0, 0.05) is 51.2 Å². The van der Waals surface area contributed by atoms with Crippen molar-refractivity contribution >= 4 is 11.6 Å². The summed E-state index contributed by atoms with van der Waals surface area (Å²) >= 11 is 0. The number of benzene rings is 1. The molecule has 0 atom stereocenters. The van der Waals surface area contributed by atoms with Crippen molar-refractivity contribution in [2.24, 2.45) is 0 Å². The van der Waals surface area contributed by atoms with Crippen LogP contribution in [0.5, 0.6) is 0 Å². The Morgan fingerprint density at radius 1 is 1.17 bits per heavy atom. The van der Waals surface area contributed by atoms with E-state index in [0.717, 1.165) is 38.3 Å². The summed E-state index contributed by atoms with van der Waals surface area (Å²) in [6, 6.07) is 10.5. The van der Waals surface area contributed by atoms with E-state index in [2.05, 4.69) is 49.6 Å². The Balaban J connectivity index is 1.34. The summed E-state index contributed by atoms with van der Waals surface area (Å²) in [5, 5.41) is 9.54. The number of nitrogens with zero attached hydrogens (tertiary/aromatic N) is 3. The van der Waals surface area contributed by atoms with Crippen LogP contribution in [0.2, 0.25) is 0 Å². The van der Waals surface area contributed by atoms with Crippen LogP contribution in [0.25, 0.3) is 0 Å². The zero-order valence-corrected chi connectivity index (χ0v) is 13.2. The molecule has 0 bridgehead atoms. The highest BCUT2D eigenvalue weighted by Gasteiger charge is 2.16. The fourth-order valence-corrected chi connectivity index (χ4v) is 2.84. The molecule has 1 aromatic carbocycles. The third kappa shape index (κ3) is 4.56. The molecule has 2 N–H and O–H groups in total. The number of aromatic nitrogens is 2. The highest BCUT2D eigenvalue weighted by molar-refractivity contribution is 5.78. The number of amides is 1. The fraction of sp³-hybridized carbons (Fsp3) is 0.412. The number of nitrogens with one attached hydrogen (secondary N) is 2. The Labute approximate surface area is 136 Å². The number of hydrogen-bond donors (Lipinski definition) is 2. The quantitative estimate of drug-likeness (QED) is 0.831. The van der Waals surface area contributed by atoms with Crippen LogP contribution < -0.4 is 10.2 Å². The predicted octanol–water partition coefficient (Wildman–Crippen LogP) is 0.891. The summed E-state index contributed by atoms with van der Waals surface area (Å²) in [6.45, 7) is 5.74. The van der Waals surface area contributed by atoms with Gasteiger partial charge in [-0.3, -0.25) is 14.8 Å². The SMILES string of the molecule is O=C(Cc1cn[nH]c1)NCCN1CCN(c2ccccc2)CC1. The van der Waals surface area contributed by atoms with E-state index in [1.807, 2.05) is 6.07 Å². The molecule has 0 spiro atoms. The molecule has 1 aliphatic rings. The number of H-pyrrole nitrogens is 1. The van der Waals surface area contributed by atoms with Crippen LogP contribution in [0, 0.1) is 0 Å². The van der Waals surface area contributed by atoms with Crippen molar-refractivity contribution in [1.82, 2.24) is 20.4 Å². The summed E-state index contributed by atoms with van der Waals surface area (Å²) < 4.78 is 0. The minimum absolute atomic E-state index is 0.0503. The van der Waals surface area contributed by atoms with Crippen LogP contribution in [0.15, 0.2) is 42.7 Å². The number of carbonyl (C=O) groups excluding carboxylic acids is 1. The van der Waals surface area contributed by atoms with Crippen LogP contribution >= 0.6 is 0 Å². The first-order chi connectivity index (χ1) is 11.3. The first-order valence-corrected chi connectivity index (χ1v) is 8.08. The number of hydrogen-bond acceptors (Lipinski definition) is 4. The van der Waals surface area contributed by atoms with E-state index >= 15 is 0 Å². The Morgan fingerprint density at radius 2 is 1.96 bits per heavy atom. The fourth-order valence-electron chi connectivity index (χ4n) is 2.84. The topological polar surface area (TPSA) is 64.3 Å². The second kappa shape index (κ2) is 7.78. The number of anilines is 1. The maximum atomic E-state index is 11.8. The van der Waals surface area contributed by atoms with E-state index in [9.17, 15) is 4.79 Å². The maximum absolute atomic E-state index is 11.8. The van der Waals surface area contributed by atoms with Gasteiger partial charge < -0.3 is 10.2 Å². The van der Waals surface area contributed by atoms with Gasteiger partial charge in [-0.2, -0.15) is 5.10 Å². The van der Waals surface area contributed by atoms with Gasteiger partial charge in [0.25, 0.3) is 0 Å². The maximum Gasteiger partial charge on any atom is 0.224 e. The Kier molecular flexibility index (Phi) is 5.26. The second-order valence-electron chi connectivity index (χ2n) is 5.80. The minimum atomic E-state index is 0.0503. The number of carbonyl (C=O) groups is 1. The first-order valence-electron chi connectivity index (χ1n) is 8.08. The summed E-state index contributed by atoms with van der Waals surface area (Å²) in [7, 11) is 0. The van der Waals surface area contributed by atoms with Crippen molar-refractivity contribution in [1.29, 1.82) is 0 Å². The highest BCUT2D eigenvalue weighted by atomic mass is 16.1. The lowest BCUT2D eigenvalue weighted by Gasteiger charge is -2.36. The summed E-state index contributed by atoms with van der Waals surface area (Å²) in [4.78, 5) is 16.6. The zero-order chi connectivity index (χ0) is 15.9. The summed E-state index contributed by atoms with van der Waals surface area (Å²) in [5.41, 5.74) is 2.21. The molecule has 0 radical (unpaired) electrons. The van der Waals surface area contributed by atoms with E-state index in [1.54, 1.807) is 12.4 Å². The van der Waals surface area contributed by atoms with Gasteiger partial charge in [-0.05, 0) is 17.7 Å². The molecule has 6 nitrogen and oxygen atoms in total. The van der Waals surface area contributed by atoms with Crippen molar-refractivity contribution in [2.45, 2.75) is 6.42 Å². The summed E-state index contributed by atoms with van der Waals surface area (Å²) in [6.07, 6.45) is 3.82. The number of para-hydroxylation sites is 1. The van der Waals surface area contributed by atoms with E-state index < -0.39 is 0 Å². The smallest absolute Gasteiger partial charge is 0.224 e. The van der Waals surface area contributed by atoms with E-state index in [1.165, 1.54) is 5.69 Å². The third-order valence-corrected chi connectivity index (χ3v) is 4.16. The number of rotatable bonds is 6. The monoisotopic (exact) mass is 313 g/mol. The largest absolute Gasteiger partial charge is 0.369 e. The van der Waals surface area contributed by atoms with Gasteiger partial charge in [0.1, 0.15) is 0 Å². The molecule has 2 aromatic rings. The van der Waals surface area contributed by atoms with Crippen LogP contribution in [-0.4, -0.2) is 60.3 Å². The molecule has 0 unspecified atom stereocenters. The van der Waals surface area contributed by atoms with Crippen LogP contribution in [0.4, 0.5) is 5.69 Å². The number of aromatic amines is 1. The molecule has 1 aromatic heterocycles. The molecule has 2 heterocycles.